The first-order chi connectivity index (χ1) is 27.6. The maximum absolute atomic E-state index is 13.2. The summed E-state index contributed by atoms with van der Waals surface area (Å²) in [6.45, 7) is 20.2. The number of hydrogen-bond donors (Lipinski definition) is 6. The molecule has 21 heteroatoms. The van der Waals surface area contributed by atoms with Crippen LogP contribution < -0.4 is 41.3 Å². The van der Waals surface area contributed by atoms with Crippen LogP contribution in [0, 0.1) is 0 Å². The molecule has 0 saturated carbocycles. The standard InChI is InChI=1S/C23H33N5O5S2.C16H23N5O2S2/c1-14(29)25-15-8-9-17(19(10-15)35(31,32)27-22(2,3)4)18-11-24-20(34-18)28-12-16(13-28)26-21(30)33-23(5,6)7;1-16(2,3)20-25(22,23)14-6-10(17)4-5-12(14)13-7-19-15(24-13)21-8-11(18)9-21/h8-11,16,27H,12-13H2,1-7H3,(H,25,29)(H,26,30);4-7,11,20H,8-9,17-18H2,1-3H3. The SMILES string of the molecule is CC(=O)Nc1ccc(-c2cnc(N3CC(NC(=O)OC(C)(C)C)C3)s2)c(S(=O)(=O)NC(C)(C)C)c1.CC(C)(C)NS(=O)(=O)c1cc(N)ccc1-c1cnc(N2CC(N)C2)s1. The van der Waals surface area contributed by atoms with E-state index in [1.54, 1.807) is 78.2 Å². The number of nitrogen functional groups attached to an aromatic ring is 1. The highest BCUT2D eigenvalue weighted by Crippen LogP contribution is 2.39. The number of anilines is 4. The Bertz CT molecular complexity index is 2420. The van der Waals surface area contributed by atoms with Crippen molar-refractivity contribution < 1.29 is 31.2 Å². The molecule has 2 fully saturated rings. The molecule has 0 aliphatic carbocycles. The third kappa shape index (κ3) is 12.6. The molecule has 60 heavy (non-hydrogen) atoms. The average Bonchev–Trinajstić information content (AvgIpc) is 3.72. The topological polar surface area (TPSA) is 244 Å². The van der Waals surface area contributed by atoms with Gasteiger partial charge in [0.05, 0.1) is 25.6 Å². The molecule has 8 N–H and O–H groups in total. The molecular formula is C39H56N10O7S4. The molecule has 328 valence electrons. The number of aromatic nitrogens is 2. The van der Waals surface area contributed by atoms with Gasteiger partial charge in [-0.3, -0.25) is 4.79 Å². The maximum Gasteiger partial charge on any atom is 0.407 e. The molecule has 4 heterocycles. The fourth-order valence-electron chi connectivity index (χ4n) is 6.05. The summed E-state index contributed by atoms with van der Waals surface area (Å²) in [6.07, 6.45) is 2.88. The minimum absolute atomic E-state index is 0.0546. The molecule has 0 atom stereocenters. The van der Waals surface area contributed by atoms with Crippen LogP contribution in [-0.2, 0) is 29.6 Å². The third-order valence-corrected chi connectivity index (χ3v) is 14.1. The van der Waals surface area contributed by atoms with Crippen LogP contribution in [0.2, 0.25) is 0 Å². The number of nitrogens with zero attached hydrogens (tertiary/aromatic N) is 4. The van der Waals surface area contributed by atoms with E-state index in [9.17, 15) is 26.4 Å². The van der Waals surface area contributed by atoms with Gasteiger partial charge in [-0.15, -0.1) is 0 Å². The van der Waals surface area contributed by atoms with Crippen molar-refractivity contribution in [2.24, 2.45) is 5.73 Å². The first-order valence-corrected chi connectivity index (χ1v) is 23.7. The number of nitrogens with two attached hydrogens (primary N) is 2. The van der Waals surface area contributed by atoms with E-state index in [2.05, 4.69) is 34.9 Å². The van der Waals surface area contributed by atoms with Crippen molar-refractivity contribution in [2.75, 3.05) is 47.0 Å². The summed E-state index contributed by atoms with van der Waals surface area (Å²) in [5.74, 6) is -0.294. The summed E-state index contributed by atoms with van der Waals surface area (Å²) in [7, 11) is -7.61. The van der Waals surface area contributed by atoms with Crippen LogP contribution >= 0.6 is 22.7 Å². The highest BCUT2D eigenvalue weighted by Gasteiger charge is 2.33. The van der Waals surface area contributed by atoms with Gasteiger partial charge in [0.2, 0.25) is 26.0 Å². The summed E-state index contributed by atoms with van der Waals surface area (Å²) in [5.41, 5.74) is 11.7. The summed E-state index contributed by atoms with van der Waals surface area (Å²) < 4.78 is 62.8. The molecule has 0 radical (unpaired) electrons. The van der Waals surface area contributed by atoms with Crippen LogP contribution in [0.1, 0.15) is 69.2 Å². The Morgan fingerprint density at radius 2 is 1.22 bits per heavy atom. The Labute approximate surface area is 360 Å². The van der Waals surface area contributed by atoms with Gasteiger partial charge < -0.3 is 36.6 Å². The lowest BCUT2D eigenvalue weighted by atomic mass is 10.1. The number of hydrogen-bond acceptors (Lipinski definition) is 15. The van der Waals surface area contributed by atoms with Gasteiger partial charge in [0.15, 0.2) is 10.3 Å². The van der Waals surface area contributed by atoms with Crippen LogP contribution in [0.25, 0.3) is 20.9 Å². The molecule has 0 unspecified atom stereocenters. The second-order valence-corrected chi connectivity index (χ2v) is 23.1. The van der Waals surface area contributed by atoms with Crippen molar-refractivity contribution in [1.29, 1.82) is 0 Å². The molecule has 0 bridgehead atoms. The lowest BCUT2D eigenvalue weighted by Crippen LogP contribution is -2.60. The number of nitrogens with one attached hydrogen (secondary N) is 4. The Morgan fingerprint density at radius 3 is 1.67 bits per heavy atom. The second-order valence-electron chi connectivity index (χ2n) is 17.8. The van der Waals surface area contributed by atoms with Crippen molar-refractivity contribution in [2.45, 2.75) is 108 Å². The molecule has 4 aromatic rings. The Hall–Kier alpha value is -4.38. The quantitative estimate of drug-likeness (QED) is 0.113. The highest BCUT2D eigenvalue weighted by atomic mass is 32.2. The maximum atomic E-state index is 13.2. The second kappa shape index (κ2) is 17.5. The molecule has 2 aromatic heterocycles. The number of alkyl carbamates (subject to hydrolysis) is 1. The van der Waals surface area contributed by atoms with Crippen molar-refractivity contribution in [3.8, 4) is 20.9 Å². The van der Waals surface area contributed by atoms with Crippen molar-refractivity contribution in [1.82, 2.24) is 24.7 Å². The lowest BCUT2D eigenvalue weighted by Gasteiger charge is -2.39. The van der Waals surface area contributed by atoms with Crippen LogP contribution in [0.4, 0.5) is 26.4 Å². The minimum atomic E-state index is -3.89. The third-order valence-electron chi connectivity index (χ3n) is 8.34. The van der Waals surface area contributed by atoms with Crippen LogP contribution in [0.15, 0.2) is 58.6 Å². The first-order valence-electron chi connectivity index (χ1n) is 19.1. The highest BCUT2D eigenvalue weighted by molar-refractivity contribution is 7.90. The molecule has 17 nitrogen and oxygen atoms in total. The Kier molecular flexibility index (Phi) is 13.6. The number of sulfonamides is 2. The fraction of sp³-hybridized carbons (Fsp3) is 0.487. The Balaban J connectivity index is 0.000000240. The predicted molar refractivity (Wildman–Crippen MR) is 240 cm³/mol. The van der Waals surface area contributed by atoms with Gasteiger partial charge in [-0.2, -0.15) is 0 Å². The Morgan fingerprint density at radius 1 is 0.750 bits per heavy atom. The average molecular weight is 905 g/mol. The zero-order valence-electron chi connectivity index (χ0n) is 35.5. The number of ether oxygens (including phenoxy) is 1. The fourth-order valence-corrected chi connectivity index (χ4v) is 11.5. The van der Waals surface area contributed by atoms with Crippen LogP contribution in [0.3, 0.4) is 0 Å². The van der Waals surface area contributed by atoms with Crippen molar-refractivity contribution in [3.63, 3.8) is 0 Å². The molecule has 2 aromatic carbocycles. The lowest BCUT2D eigenvalue weighted by molar-refractivity contribution is -0.114. The number of carbonyl (C=O) groups is 2. The number of rotatable bonds is 10. The first kappa shape index (κ1) is 46.7. The molecule has 0 spiro atoms. The van der Waals surface area contributed by atoms with E-state index in [1.165, 1.54) is 41.7 Å². The van der Waals surface area contributed by atoms with E-state index in [0.29, 0.717) is 40.5 Å². The molecule has 2 amide bonds. The normalized spacial score (nSPS) is 15.4. The van der Waals surface area contributed by atoms with E-state index in [4.69, 9.17) is 16.2 Å². The van der Waals surface area contributed by atoms with E-state index in [1.807, 2.05) is 25.7 Å². The summed E-state index contributed by atoms with van der Waals surface area (Å²) in [5, 5.41) is 7.04. The largest absolute Gasteiger partial charge is 0.444 e. The molecule has 2 aliphatic heterocycles. The molecular weight excluding hydrogens is 849 g/mol. The minimum Gasteiger partial charge on any atom is -0.444 e. The zero-order valence-corrected chi connectivity index (χ0v) is 38.8. The van der Waals surface area contributed by atoms with Gasteiger partial charge >= 0.3 is 6.09 Å². The molecule has 2 aliphatic rings. The van der Waals surface area contributed by atoms with Gasteiger partial charge in [0, 0.05) is 85.1 Å². The van der Waals surface area contributed by atoms with E-state index >= 15 is 0 Å². The van der Waals surface area contributed by atoms with Gasteiger partial charge in [-0.1, -0.05) is 34.8 Å². The van der Waals surface area contributed by atoms with Gasteiger partial charge in [-0.05, 0) is 86.6 Å². The number of benzene rings is 2. The van der Waals surface area contributed by atoms with Gasteiger partial charge in [0.25, 0.3) is 0 Å². The van der Waals surface area contributed by atoms with Crippen LogP contribution in [0.5, 0.6) is 0 Å². The van der Waals surface area contributed by atoms with Crippen molar-refractivity contribution in [3.05, 3.63) is 48.8 Å². The van der Waals surface area contributed by atoms with E-state index < -0.39 is 42.8 Å². The number of carbonyl (C=O) groups excluding carboxylic acids is 2. The van der Waals surface area contributed by atoms with Crippen LogP contribution in [-0.4, -0.2) is 93.7 Å². The van der Waals surface area contributed by atoms with E-state index in [-0.39, 0.29) is 27.8 Å². The smallest absolute Gasteiger partial charge is 0.407 e. The number of amides is 2. The van der Waals surface area contributed by atoms with Gasteiger partial charge in [-0.25, -0.2) is 41.0 Å². The summed E-state index contributed by atoms with van der Waals surface area (Å²) >= 11 is 2.81. The predicted octanol–water partition coefficient (Wildman–Crippen LogP) is 5.18. The number of thiazole rings is 2. The zero-order chi connectivity index (χ0) is 44.6. The van der Waals surface area contributed by atoms with Gasteiger partial charge in [0.1, 0.15) is 5.60 Å². The molecule has 2 saturated heterocycles. The molecule has 6 rings (SSSR count). The van der Waals surface area contributed by atoms with E-state index in [0.717, 1.165) is 28.2 Å². The van der Waals surface area contributed by atoms with Crippen molar-refractivity contribution >= 4 is 76.4 Å². The summed E-state index contributed by atoms with van der Waals surface area (Å²) in [6, 6.07) is 9.82. The summed E-state index contributed by atoms with van der Waals surface area (Å²) in [4.78, 5) is 38.1. The monoisotopic (exact) mass is 904 g/mol.